The van der Waals surface area contributed by atoms with Crippen molar-refractivity contribution in [3.63, 3.8) is 0 Å². The van der Waals surface area contributed by atoms with Crippen molar-refractivity contribution in [2.45, 2.75) is 26.3 Å². The fraction of sp³-hybridized carbons (Fsp3) is 0.429. The van der Waals surface area contributed by atoms with Gasteiger partial charge in [0.1, 0.15) is 6.61 Å². The first-order chi connectivity index (χ1) is 8.56. The molecular formula is C14H17NO3. The Kier molecular flexibility index (Phi) is 3.65. The monoisotopic (exact) mass is 247 g/mol. The van der Waals surface area contributed by atoms with Gasteiger partial charge < -0.3 is 10.1 Å². The maximum atomic E-state index is 12.0. The lowest BCUT2D eigenvalue weighted by Crippen LogP contribution is -2.18. The lowest BCUT2D eigenvalue weighted by molar-refractivity contribution is 0.0967. The summed E-state index contributed by atoms with van der Waals surface area (Å²) in [6, 6.07) is 7.24. The number of amides is 1. The van der Waals surface area contributed by atoms with Crippen molar-refractivity contribution < 1.29 is 14.3 Å². The minimum absolute atomic E-state index is 0.136. The fourth-order valence-electron chi connectivity index (χ4n) is 1.98. The summed E-state index contributed by atoms with van der Waals surface area (Å²) < 4.78 is 4.85. The van der Waals surface area contributed by atoms with E-state index >= 15 is 0 Å². The molecule has 2 rings (SSSR count). The summed E-state index contributed by atoms with van der Waals surface area (Å²) in [4.78, 5) is 23.0. The summed E-state index contributed by atoms with van der Waals surface area (Å²) >= 11 is 0. The highest BCUT2D eigenvalue weighted by atomic mass is 16.6. The minimum Gasteiger partial charge on any atom is -0.447 e. The van der Waals surface area contributed by atoms with Crippen molar-refractivity contribution in [2.75, 3.05) is 6.61 Å². The molecule has 0 aliphatic carbocycles. The van der Waals surface area contributed by atoms with Crippen LogP contribution >= 0.6 is 0 Å². The molecule has 1 N–H and O–H groups in total. The molecule has 4 heteroatoms. The molecule has 1 unspecified atom stereocenters. The van der Waals surface area contributed by atoms with Crippen LogP contribution in [0, 0.1) is 5.92 Å². The number of ether oxygens (including phenoxy) is 1. The Morgan fingerprint density at radius 1 is 1.50 bits per heavy atom. The smallest absolute Gasteiger partial charge is 0.407 e. The molecule has 0 bridgehead atoms. The topological polar surface area (TPSA) is 55.4 Å². The zero-order valence-electron chi connectivity index (χ0n) is 10.6. The SMILES string of the molecule is CC(C)CC(=O)c1cccc(C2COC(=O)N2)c1. The molecule has 1 aliphatic heterocycles. The van der Waals surface area contributed by atoms with Crippen molar-refractivity contribution in [1.82, 2.24) is 5.32 Å². The van der Waals surface area contributed by atoms with Crippen LogP contribution in [0.25, 0.3) is 0 Å². The molecule has 1 saturated heterocycles. The third-order valence-electron chi connectivity index (χ3n) is 2.88. The molecule has 1 atom stereocenters. The molecule has 1 amide bonds. The first-order valence-electron chi connectivity index (χ1n) is 6.12. The number of hydrogen-bond acceptors (Lipinski definition) is 3. The van der Waals surface area contributed by atoms with E-state index in [1.165, 1.54) is 0 Å². The number of nitrogens with one attached hydrogen (secondary N) is 1. The van der Waals surface area contributed by atoms with E-state index in [1.807, 2.05) is 38.1 Å². The molecule has 18 heavy (non-hydrogen) atoms. The zero-order valence-corrected chi connectivity index (χ0v) is 10.6. The molecule has 0 saturated carbocycles. The standard InChI is InChI=1S/C14H17NO3/c1-9(2)6-13(16)11-5-3-4-10(7-11)12-8-18-14(17)15-12/h3-5,7,9,12H,6,8H2,1-2H3,(H,15,17). The molecule has 1 aromatic rings. The Morgan fingerprint density at radius 3 is 2.89 bits per heavy atom. The predicted molar refractivity (Wildman–Crippen MR) is 67.5 cm³/mol. The molecule has 1 fully saturated rings. The van der Waals surface area contributed by atoms with Gasteiger partial charge in [0, 0.05) is 12.0 Å². The summed E-state index contributed by atoms with van der Waals surface area (Å²) in [7, 11) is 0. The highest BCUT2D eigenvalue weighted by molar-refractivity contribution is 5.96. The molecule has 0 aromatic heterocycles. The Balaban J connectivity index is 2.14. The van der Waals surface area contributed by atoms with E-state index in [-0.39, 0.29) is 11.8 Å². The van der Waals surface area contributed by atoms with Crippen LogP contribution in [0.5, 0.6) is 0 Å². The number of hydrogen-bond donors (Lipinski definition) is 1. The average molecular weight is 247 g/mol. The van der Waals surface area contributed by atoms with E-state index in [4.69, 9.17) is 4.74 Å². The maximum Gasteiger partial charge on any atom is 0.407 e. The van der Waals surface area contributed by atoms with Crippen molar-refractivity contribution in [1.29, 1.82) is 0 Å². The van der Waals surface area contributed by atoms with Crippen LogP contribution in [-0.2, 0) is 4.74 Å². The summed E-state index contributed by atoms with van der Waals surface area (Å²) in [6.07, 6.45) is 0.135. The number of rotatable bonds is 4. The van der Waals surface area contributed by atoms with E-state index in [0.29, 0.717) is 24.5 Å². The quantitative estimate of drug-likeness (QED) is 0.832. The predicted octanol–water partition coefficient (Wildman–Crippen LogP) is 2.70. The zero-order chi connectivity index (χ0) is 13.1. The number of ketones is 1. The van der Waals surface area contributed by atoms with Gasteiger partial charge in [0.25, 0.3) is 0 Å². The van der Waals surface area contributed by atoms with Crippen LogP contribution in [-0.4, -0.2) is 18.5 Å². The van der Waals surface area contributed by atoms with Gasteiger partial charge in [-0.3, -0.25) is 4.79 Å². The van der Waals surface area contributed by atoms with Crippen LogP contribution in [0.15, 0.2) is 24.3 Å². The van der Waals surface area contributed by atoms with E-state index in [0.717, 1.165) is 5.56 Å². The Bertz CT molecular complexity index is 468. The van der Waals surface area contributed by atoms with E-state index < -0.39 is 6.09 Å². The summed E-state index contributed by atoms with van der Waals surface area (Å²) in [6.45, 7) is 4.36. The number of cyclic esters (lactones) is 1. The van der Waals surface area contributed by atoms with E-state index in [2.05, 4.69) is 5.32 Å². The van der Waals surface area contributed by atoms with Gasteiger partial charge in [-0.25, -0.2) is 4.79 Å². The van der Waals surface area contributed by atoms with Crippen molar-refractivity contribution in [2.24, 2.45) is 5.92 Å². The molecule has 1 aliphatic rings. The number of benzene rings is 1. The van der Waals surface area contributed by atoms with Crippen molar-refractivity contribution in [3.05, 3.63) is 35.4 Å². The summed E-state index contributed by atoms with van der Waals surface area (Å²) in [5, 5.41) is 2.70. The van der Waals surface area contributed by atoms with E-state index in [1.54, 1.807) is 0 Å². The number of carbonyl (C=O) groups is 2. The maximum absolute atomic E-state index is 12.0. The van der Waals surface area contributed by atoms with Gasteiger partial charge in [0.2, 0.25) is 0 Å². The number of carbonyl (C=O) groups excluding carboxylic acids is 2. The van der Waals surface area contributed by atoms with Crippen molar-refractivity contribution in [3.8, 4) is 0 Å². The van der Waals surface area contributed by atoms with Gasteiger partial charge in [-0.15, -0.1) is 0 Å². The second-order valence-corrected chi connectivity index (χ2v) is 4.94. The Morgan fingerprint density at radius 2 is 2.28 bits per heavy atom. The Labute approximate surface area is 106 Å². The highest BCUT2D eigenvalue weighted by Gasteiger charge is 2.24. The van der Waals surface area contributed by atoms with Crippen LogP contribution in [0.1, 0.15) is 42.2 Å². The van der Waals surface area contributed by atoms with Crippen LogP contribution in [0.4, 0.5) is 4.79 Å². The second-order valence-electron chi connectivity index (χ2n) is 4.94. The van der Waals surface area contributed by atoms with Crippen LogP contribution in [0.2, 0.25) is 0 Å². The van der Waals surface area contributed by atoms with Gasteiger partial charge >= 0.3 is 6.09 Å². The minimum atomic E-state index is -0.404. The summed E-state index contributed by atoms with van der Waals surface area (Å²) in [5.41, 5.74) is 1.61. The highest BCUT2D eigenvalue weighted by Crippen LogP contribution is 2.20. The second kappa shape index (κ2) is 5.21. The largest absolute Gasteiger partial charge is 0.447 e. The fourth-order valence-corrected chi connectivity index (χ4v) is 1.98. The first kappa shape index (κ1) is 12.6. The lowest BCUT2D eigenvalue weighted by Gasteiger charge is -2.10. The Hall–Kier alpha value is -1.84. The van der Waals surface area contributed by atoms with Gasteiger partial charge in [0.15, 0.2) is 5.78 Å². The molecular weight excluding hydrogens is 230 g/mol. The molecule has 96 valence electrons. The van der Waals surface area contributed by atoms with Gasteiger partial charge in [-0.1, -0.05) is 32.0 Å². The lowest BCUT2D eigenvalue weighted by atomic mass is 9.98. The van der Waals surface area contributed by atoms with E-state index in [9.17, 15) is 9.59 Å². The third-order valence-corrected chi connectivity index (χ3v) is 2.88. The van der Waals surface area contributed by atoms with Gasteiger partial charge in [0.05, 0.1) is 6.04 Å². The number of alkyl carbamates (subject to hydrolysis) is 1. The molecule has 0 spiro atoms. The third kappa shape index (κ3) is 2.88. The van der Waals surface area contributed by atoms with Crippen LogP contribution in [0.3, 0.4) is 0 Å². The average Bonchev–Trinajstić information content (AvgIpc) is 2.75. The first-order valence-corrected chi connectivity index (χ1v) is 6.12. The molecule has 1 heterocycles. The molecule has 0 radical (unpaired) electrons. The summed E-state index contributed by atoms with van der Waals surface area (Å²) in [5.74, 6) is 0.479. The van der Waals surface area contributed by atoms with Gasteiger partial charge in [-0.05, 0) is 17.5 Å². The molecule has 4 nitrogen and oxygen atoms in total. The number of Topliss-reactive ketones (excluding diaryl/α,β-unsaturated/α-hetero) is 1. The normalized spacial score (nSPS) is 18.6. The van der Waals surface area contributed by atoms with Crippen LogP contribution < -0.4 is 5.32 Å². The van der Waals surface area contributed by atoms with Crippen molar-refractivity contribution >= 4 is 11.9 Å². The van der Waals surface area contributed by atoms with Gasteiger partial charge in [-0.2, -0.15) is 0 Å². The molecule has 1 aromatic carbocycles.